The van der Waals surface area contributed by atoms with Crippen LogP contribution in [0.25, 0.3) is 0 Å². The van der Waals surface area contributed by atoms with Gasteiger partial charge in [0.05, 0.1) is 19.8 Å². The molecule has 0 aliphatic carbocycles. The Morgan fingerprint density at radius 1 is 0.444 bits per heavy atom. The second kappa shape index (κ2) is 18.8. The summed E-state index contributed by atoms with van der Waals surface area (Å²) in [4.78, 5) is 0. The van der Waals surface area contributed by atoms with Crippen LogP contribution in [0.3, 0.4) is 0 Å². The first-order valence-electron chi connectivity index (χ1n) is 14.8. The molecule has 45 heavy (non-hydrogen) atoms. The Morgan fingerprint density at radius 2 is 0.911 bits per heavy atom. The topological polar surface area (TPSA) is 148 Å². The molecule has 0 aromatic carbocycles. The summed E-state index contributed by atoms with van der Waals surface area (Å²) in [6.45, 7) is 0.459. The molecule has 16 nitrogen and oxygen atoms in total. The van der Waals surface area contributed by atoms with Crippen LogP contribution in [0.5, 0.6) is 0 Å². The molecule has 0 bridgehead atoms. The highest BCUT2D eigenvalue weighted by molar-refractivity contribution is 5.01. The molecule has 0 aromatic rings. The van der Waals surface area contributed by atoms with Crippen molar-refractivity contribution < 1.29 is 75.8 Å². The fraction of sp³-hybridized carbons (Fsp3) is 1.00. The molecule has 3 saturated heterocycles. The van der Waals surface area contributed by atoms with Gasteiger partial charge in [-0.3, -0.25) is 0 Å². The Bertz CT molecular complexity index is 825. The van der Waals surface area contributed by atoms with Crippen LogP contribution in [-0.2, 0) is 75.8 Å². The summed E-state index contributed by atoms with van der Waals surface area (Å²) < 4.78 is 94.9. The normalized spacial score (nSPS) is 42.3. The van der Waals surface area contributed by atoms with Crippen molar-refractivity contribution in [1.29, 1.82) is 0 Å². The summed E-state index contributed by atoms with van der Waals surface area (Å²) in [5.74, 6) is -1.46. The van der Waals surface area contributed by atoms with Gasteiger partial charge in [0.25, 0.3) is 0 Å². The lowest BCUT2D eigenvalue weighted by molar-refractivity contribution is -0.394. The van der Waals surface area contributed by atoms with Gasteiger partial charge in [-0.15, -0.1) is 0 Å². The van der Waals surface area contributed by atoms with Crippen molar-refractivity contribution in [3.63, 3.8) is 0 Å². The van der Waals surface area contributed by atoms with Crippen LogP contribution in [0.4, 0.5) is 0 Å². The van der Waals surface area contributed by atoms with E-state index in [0.717, 1.165) is 0 Å². The summed E-state index contributed by atoms with van der Waals surface area (Å²) in [5, 5.41) is 0. The van der Waals surface area contributed by atoms with E-state index >= 15 is 0 Å². The molecule has 3 fully saturated rings. The highest BCUT2D eigenvalue weighted by Gasteiger charge is 2.61. The van der Waals surface area contributed by atoms with Crippen molar-refractivity contribution >= 4 is 0 Å². The van der Waals surface area contributed by atoms with Crippen LogP contribution in [0, 0.1) is 0 Å². The van der Waals surface area contributed by atoms with Gasteiger partial charge >= 0.3 is 0 Å². The smallest absolute Gasteiger partial charge is 0.224 e. The lowest BCUT2D eigenvalue weighted by atomic mass is 9.97. The van der Waals surface area contributed by atoms with Crippen LogP contribution in [0.2, 0.25) is 0 Å². The second-order valence-corrected chi connectivity index (χ2v) is 10.9. The van der Waals surface area contributed by atoms with Crippen molar-refractivity contribution in [2.75, 3.05) is 105 Å². The van der Waals surface area contributed by atoms with Gasteiger partial charge in [-0.1, -0.05) is 0 Å². The highest BCUT2D eigenvalue weighted by atomic mass is 16.8. The zero-order chi connectivity index (χ0) is 33.1. The van der Waals surface area contributed by atoms with E-state index < -0.39 is 85.5 Å². The third kappa shape index (κ3) is 8.33. The number of methoxy groups -OCH3 is 11. The number of rotatable bonds is 19. The molecule has 3 heterocycles. The predicted octanol–water partition coefficient (Wildman–Crippen LogP) is -0.376. The molecule has 0 unspecified atom stereocenters. The van der Waals surface area contributed by atoms with E-state index in [-0.39, 0.29) is 26.4 Å². The zero-order valence-electron chi connectivity index (χ0n) is 28.4. The van der Waals surface area contributed by atoms with Crippen LogP contribution < -0.4 is 0 Å². The SMILES string of the molecule is COC[C@H]1O[C@H](OC[C@H]2O[C@H](O[C@]3(COC)O[C@H](COC)[C@@H](OC)[C@@H]3OC)[C@H](OC)[C@@H](OC)[C@@H]2OC)[C@H](OC)[C@@H](OC)[C@H]1OC. The fourth-order valence-corrected chi connectivity index (χ4v) is 6.57. The van der Waals surface area contributed by atoms with Gasteiger partial charge in [-0.2, -0.15) is 0 Å². The quantitative estimate of drug-likeness (QED) is 0.177. The minimum absolute atomic E-state index is 0.00813. The number of hydrogen-bond acceptors (Lipinski definition) is 16. The van der Waals surface area contributed by atoms with Crippen LogP contribution in [0.1, 0.15) is 0 Å². The maximum atomic E-state index is 6.64. The zero-order valence-corrected chi connectivity index (χ0v) is 28.4. The third-order valence-electron chi connectivity index (χ3n) is 8.54. The first-order valence-corrected chi connectivity index (χ1v) is 14.8. The summed E-state index contributed by atoms with van der Waals surface area (Å²) >= 11 is 0. The first kappa shape index (κ1) is 38.8. The molecule has 16 heteroatoms. The molecule has 0 saturated carbocycles. The highest BCUT2D eigenvalue weighted by Crippen LogP contribution is 2.40. The molecule has 3 aliphatic heterocycles. The van der Waals surface area contributed by atoms with Crippen molar-refractivity contribution in [3.05, 3.63) is 0 Å². The summed E-state index contributed by atoms with van der Waals surface area (Å²) in [5.41, 5.74) is 0. The maximum absolute atomic E-state index is 6.64. The molecule has 14 atom stereocenters. The van der Waals surface area contributed by atoms with Crippen molar-refractivity contribution in [3.8, 4) is 0 Å². The van der Waals surface area contributed by atoms with E-state index in [1.165, 1.54) is 14.2 Å². The van der Waals surface area contributed by atoms with Gasteiger partial charge in [0.15, 0.2) is 12.6 Å². The molecule has 3 rings (SSSR count). The van der Waals surface area contributed by atoms with Gasteiger partial charge in [-0.05, 0) is 0 Å². The predicted molar refractivity (Wildman–Crippen MR) is 154 cm³/mol. The van der Waals surface area contributed by atoms with Crippen LogP contribution >= 0.6 is 0 Å². The lowest BCUT2D eigenvalue weighted by Crippen LogP contribution is -2.65. The summed E-state index contributed by atoms with van der Waals surface area (Å²) in [6.07, 6.45) is -8.49. The third-order valence-corrected chi connectivity index (χ3v) is 8.54. The lowest BCUT2D eigenvalue weighted by Gasteiger charge is -2.48. The minimum Gasteiger partial charge on any atom is -0.382 e. The monoisotopic (exact) mass is 658 g/mol. The van der Waals surface area contributed by atoms with E-state index in [1.807, 2.05) is 0 Å². The molecule has 0 spiro atoms. The molecule has 0 N–H and O–H groups in total. The van der Waals surface area contributed by atoms with Gasteiger partial charge in [0, 0.05) is 78.2 Å². The Labute approximate surface area is 266 Å². The average molecular weight is 659 g/mol. The maximum Gasteiger partial charge on any atom is 0.224 e. The first-order chi connectivity index (χ1) is 21.8. The Morgan fingerprint density at radius 3 is 1.38 bits per heavy atom. The molecule has 0 amide bonds. The van der Waals surface area contributed by atoms with Crippen molar-refractivity contribution in [2.24, 2.45) is 0 Å². The van der Waals surface area contributed by atoms with Crippen molar-refractivity contribution in [1.82, 2.24) is 0 Å². The van der Waals surface area contributed by atoms with Gasteiger partial charge < -0.3 is 75.8 Å². The van der Waals surface area contributed by atoms with Gasteiger partial charge in [0.2, 0.25) is 5.79 Å². The van der Waals surface area contributed by atoms with Gasteiger partial charge in [-0.25, -0.2) is 0 Å². The molecule has 3 aliphatic rings. The minimum atomic E-state index is -1.46. The molecule has 0 aromatic heterocycles. The van der Waals surface area contributed by atoms with Crippen LogP contribution in [-0.4, -0.2) is 190 Å². The Hall–Kier alpha value is -0.640. The summed E-state index contributed by atoms with van der Waals surface area (Å²) in [6, 6.07) is 0. The van der Waals surface area contributed by atoms with E-state index in [0.29, 0.717) is 0 Å². The van der Waals surface area contributed by atoms with E-state index in [1.54, 1.807) is 64.0 Å². The van der Waals surface area contributed by atoms with Gasteiger partial charge in [0.1, 0.15) is 73.8 Å². The van der Waals surface area contributed by atoms with Crippen molar-refractivity contribution in [2.45, 2.75) is 85.5 Å². The number of hydrogen-bond donors (Lipinski definition) is 0. The molecule has 0 radical (unpaired) electrons. The number of ether oxygens (including phenoxy) is 16. The van der Waals surface area contributed by atoms with E-state index in [2.05, 4.69) is 0 Å². The van der Waals surface area contributed by atoms with Crippen LogP contribution in [0.15, 0.2) is 0 Å². The van der Waals surface area contributed by atoms with E-state index in [9.17, 15) is 0 Å². The Balaban J connectivity index is 1.89. The summed E-state index contributed by atoms with van der Waals surface area (Å²) in [7, 11) is 17.2. The standard InChI is InChI=1S/C29H54O16/c1-30-12-16-19(33-4)22(36-7)24(38-9)27(42-16)41-14-17-20(34-5)23(37-8)25(39-10)28(43-17)45-29(15-32-3)26(40-11)21(35-6)18(44-29)13-31-2/h16-28H,12-15H2,1-11H3/t16-,17-,18-,19+,20-,21-,22+,23+,24-,25-,26+,27+,28-,29+/m1/s1. The molecular formula is C29H54O16. The van der Waals surface area contributed by atoms with E-state index in [4.69, 9.17) is 75.8 Å². The average Bonchev–Trinajstić information content (AvgIpc) is 3.34. The largest absolute Gasteiger partial charge is 0.382 e. The fourth-order valence-electron chi connectivity index (χ4n) is 6.57. The molecule has 266 valence electrons. The second-order valence-electron chi connectivity index (χ2n) is 10.9. The molecular weight excluding hydrogens is 604 g/mol. The Kier molecular flexibility index (Phi) is 16.2.